The van der Waals surface area contributed by atoms with Gasteiger partial charge in [0.2, 0.25) is 5.91 Å². The van der Waals surface area contributed by atoms with Crippen molar-refractivity contribution in [2.24, 2.45) is 0 Å². The maximum absolute atomic E-state index is 11.2. The van der Waals surface area contributed by atoms with Gasteiger partial charge in [-0.25, -0.2) is 5.48 Å². The molecule has 1 rings (SSSR count). The molecule has 0 saturated heterocycles. The van der Waals surface area contributed by atoms with Gasteiger partial charge in [0.05, 0.1) is 19.3 Å². The molecule has 1 aromatic carbocycles. The van der Waals surface area contributed by atoms with Crippen molar-refractivity contribution in [3.63, 3.8) is 0 Å². The van der Waals surface area contributed by atoms with Crippen LogP contribution in [0.1, 0.15) is 24.8 Å². The van der Waals surface area contributed by atoms with Gasteiger partial charge < -0.3 is 14.2 Å². The number of methoxy groups -OCH3 is 1. The molecule has 1 aromatic rings. The highest BCUT2D eigenvalue weighted by atomic mass is 16.7. The molecule has 0 aliphatic carbocycles. The van der Waals surface area contributed by atoms with E-state index in [2.05, 4.69) is 0 Å². The molecule has 1 amide bonds. The van der Waals surface area contributed by atoms with Crippen LogP contribution < -0.4 is 5.48 Å². The van der Waals surface area contributed by atoms with E-state index in [4.69, 9.17) is 19.4 Å². The van der Waals surface area contributed by atoms with Gasteiger partial charge in [-0.1, -0.05) is 54.6 Å². The van der Waals surface area contributed by atoms with Crippen LogP contribution >= 0.6 is 0 Å². The molecular formula is C19H27NO5. The van der Waals surface area contributed by atoms with Gasteiger partial charge in [-0.05, 0) is 18.4 Å². The Kier molecular flexibility index (Phi) is 12.1. The first-order valence-corrected chi connectivity index (χ1v) is 8.24. The van der Waals surface area contributed by atoms with Crippen LogP contribution in [0, 0.1) is 0 Å². The second-order valence-corrected chi connectivity index (χ2v) is 5.33. The van der Waals surface area contributed by atoms with Crippen molar-refractivity contribution in [2.75, 3.05) is 20.5 Å². The first-order chi connectivity index (χ1) is 12.3. The Labute approximate surface area is 149 Å². The molecule has 0 aliphatic heterocycles. The zero-order chi connectivity index (χ0) is 18.2. The summed E-state index contributed by atoms with van der Waals surface area (Å²) < 4.78 is 15.8. The van der Waals surface area contributed by atoms with Crippen LogP contribution in [0.4, 0.5) is 0 Å². The highest BCUT2D eigenvalue weighted by molar-refractivity contribution is 5.74. The van der Waals surface area contributed by atoms with Crippen molar-refractivity contribution in [2.45, 2.75) is 32.0 Å². The highest BCUT2D eigenvalue weighted by Crippen LogP contribution is 2.09. The molecule has 0 bridgehead atoms. The lowest BCUT2D eigenvalue weighted by Crippen LogP contribution is -2.21. The average molecular weight is 349 g/mol. The Morgan fingerprint density at radius 2 is 2.08 bits per heavy atom. The van der Waals surface area contributed by atoms with Gasteiger partial charge in [0.15, 0.2) is 0 Å². The fourth-order valence-corrected chi connectivity index (χ4v) is 2.00. The molecule has 6 heteroatoms. The molecule has 1 atom stereocenters. The van der Waals surface area contributed by atoms with Crippen LogP contribution in [0.5, 0.6) is 0 Å². The molecule has 0 unspecified atom stereocenters. The Bertz CT molecular complexity index is 516. The summed E-state index contributed by atoms with van der Waals surface area (Å²) in [5.41, 5.74) is 2.71. The maximum atomic E-state index is 11.2. The van der Waals surface area contributed by atoms with Crippen LogP contribution in [0.15, 0.2) is 54.6 Å². The normalized spacial score (nSPS) is 12.7. The fourth-order valence-electron chi connectivity index (χ4n) is 2.00. The number of hydroxylamine groups is 1. The number of rotatable bonds is 13. The standard InChI is InChI=1S/C19H27NO5/c1-23-16-24-14-8-3-2-7-11-18(12-13-19(21)20-22)25-15-17-9-5-4-6-10-17/h2-7,9-11,18,22H,8,12-16H2,1H3,(H,20,21)/b3-2+,11-7+/t18-/m1/s1. The summed E-state index contributed by atoms with van der Waals surface area (Å²) in [6.07, 6.45) is 8.95. The van der Waals surface area contributed by atoms with Crippen molar-refractivity contribution in [1.82, 2.24) is 5.48 Å². The monoisotopic (exact) mass is 349 g/mol. The van der Waals surface area contributed by atoms with E-state index < -0.39 is 5.91 Å². The molecule has 6 nitrogen and oxygen atoms in total. The second-order valence-electron chi connectivity index (χ2n) is 5.33. The molecule has 138 valence electrons. The predicted octanol–water partition coefficient (Wildman–Crippen LogP) is 2.98. The van der Waals surface area contributed by atoms with Crippen LogP contribution in [0.2, 0.25) is 0 Å². The number of carbonyl (C=O) groups is 1. The molecule has 0 saturated carbocycles. The SMILES string of the molecule is COCOCC/C=C/C=C/[C@H](CCC(=O)NO)OCc1ccccc1. The van der Waals surface area contributed by atoms with Gasteiger partial charge in [-0.2, -0.15) is 0 Å². The Hall–Kier alpha value is -1.99. The lowest BCUT2D eigenvalue weighted by molar-refractivity contribution is -0.129. The van der Waals surface area contributed by atoms with E-state index in [1.165, 1.54) is 0 Å². The lowest BCUT2D eigenvalue weighted by Gasteiger charge is -2.13. The van der Waals surface area contributed by atoms with E-state index in [9.17, 15) is 4.79 Å². The fraction of sp³-hybridized carbons (Fsp3) is 0.421. The zero-order valence-corrected chi connectivity index (χ0v) is 14.6. The van der Waals surface area contributed by atoms with Crippen LogP contribution in [0.25, 0.3) is 0 Å². The minimum atomic E-state index is -0.424. The molecule has 0 heterocycles. The Morgan fingerprint density at radius 1 is 1.28 bits per heavy atom. The Morgan fingerprint density at radius 3 is 2.80 bits per heavy atom. The first-order valence-electron chi connectivity index (χ1n) is 8.24. The van der Waals surface area contributed by atoms with E-state index in [0.717, 1.165) is 12.0 Å². The maximum Gasteiger partial charge on any atom is 0.243 e. The third-order valence-corrected chi connectivity index (χ3v) is 3.29. The predicted molar refractivity (Wildman–Crippen MR) is 94.9 cm³/mol. The number of allylic oxidation sites excluding steroid dienone is 2. The third kappa shape index (κ3) is 11.2. The van der Waals surface area contributed by atoms with Gasteiger partial charge >= 0.3 is 0 Å². The summed E-state index contributed by atoms with van der Waals surface area (Å²) in [5, 5.41) is 8.60. The third-order valence-electron chi connectivity index (χ3n) is 3.29. The Balaban J connectivity index is 2.42. The van der Waals surface area contributed by atoms with Gasteiger partial charge in [0, 0.05) is 13.5 Å². The number of hydrogen-bond donors (Lipinski definition) is 2. The first kappa shape index (κ1) is 21.1. The summed E-state index contributed by atoms with van der Waals surface area (Å²) in [7, 11) is 1.59. The summed E-state index contributed by atoms with van der Waals surface area (Å²) in [6, 6.07) is 9.84. The number of carbonyl (C=O) groups excluding carboxylic acids is 1. The molecule has 2 N–H and O–H groups in total. The van der Waals surface area contributed by atoms with Crippen LogP contribution in [-0.2, 0) is 25.6 Å². The molecule has 0 fully saturated rings. The summed E-state index contributed by atoms with van der Waals surface area (Å²) >= 11 is 0. The number of amides is 1. The smallest absolute Gasteiger partial charge is 0.243 e. The average Bonchev–Trinajstić information content (AvgIpc) is 2.65. The minimum Gasteiger partial charge on any atom is -0.369 e. The molecule has 25 heavy (non-hydrogen) atoms. The highest BCUT2D eigenvalue weighted by Gasteiger charge is 2.08. The van der Waals surface area contributed by atoms with E-state index in [-0.39, 0.29) is 12.5 Å². The molecule has 0 aliphatic rings. The molecule has 0 aromatic heterocycles. The van der Waals surface area contributed by atoms with E-state index >= 15 is 0 Å². The summed E-state index contributed by atoms with van der Waals surface area (Å²) in [6.45, 7) is 1.36. The largest absolute Gasteiger partial charge is 0.369 e. The van der Waals surface area contributed by atoms with Crippen LogP contribution in [0.3, 0.4) is 0 Å². The number of nitrogens with one attached hydrogen (secondary N) is 1. The lowest BCUT2D eigenvalue weighted by atomic mass is 10.1. The van der Waals surface area contributed by atoms with Gasteiger partial charge in [0.1, 0.15) is 6.79 Å². The molecule has 0 spiro atoms. The van der Waals surface area contributed by atoms with Crippen molar-refractivity contribution in [1.29, 1.82) is 0 Å². The minimum absolute atomic E-state index is 0.189. The van der Waals surface area contributed by atoms with Crippen molar-refractivity contribution >= 4 is 5.91 Å². The molecule has 0 radical (unpaired) electrons. The number of ether oxygens (including phenoxy) is 3. The second kappa shape index (κ2) is 14.4. The van der Waals surface area contributed by atoms with Crippen LogP contribution in [-0.4, -0.2) is 37.7 Å². The number of hydrogen-bond acceptors (Lipinski definition) is 5. The molecular weight excluding hydrogens is 322 g/mol. The van der Waals surface area contributed by atoms with Gasteiger partial charge in [-0.15, -0.1) is 0 Å². The summed E-state index contributed by atoms with van der Waals surface area (Å²) in [4.78, 5) is 11.2. The quantitative estimate of drug-likeness (QED) is 0.188. The number of benzene rings is 1. The van der Waals surface area contributed by atoms with Crippen molar-refractivity contribution in [3.8, 4) is 0 Å². The summed E-state index contributed by atoms with van der Waals surface area (Å²) in [5.74, 6) is -0.424. The van der Waals surface area contributed by atoms with E-state index in [1.54, 1.807) is 12.6 Å². The zero-order valence-electron chi connectivity index (χ0n) is 14.6. The van der Waals surface area contributed by atoms with E-state index in [0.29, 0.717) is 26.4 Å². The van der Waals surface area contributed by atoms with Gasteiger partial charge in [-0.3, -0.25) is 10.0 Å². The van der Waals surface area contributed by atoms with Gasteiger partial charge in [0.25, 0.3) is 0 Å². The van der Waals surface area contributed by atoms with Crippen molar-refractivity contribution < 1.29 is 24.2 Å². The topological polar surface area (TPSA) is 77.0 Å². The van der Waals surface area contributed by atoms with E-state index in [1.807, 2.05) is 54.6 Å². The van der Waals surface area contributed by atoms with Crippen molar-refractivity contribution in [3.05, 3.63) is 60.2 Å².